The number of aliphatic hydroxyl groups is 3. The Bertz CT molecular complexity index is 1230. The van der Waals surface area contributed by atoms with E-state index in [-0.39, 0.29) is 41.2 Å². The number of imidazole rings is 1. The van der Waals surface area contributed by atoms with Crippen molar-refractivity contribution in [2.75, 3.05) is 45.4 Å². The lowest BCUT2D eigenvalue weighted by atomic mass is 9.96. The third kappa shape index (κ3) is 6.08. The van der Waals surface area contributed by atoms with Crippen molar-refractivity contribution in [2.45, 2.75) is 44.8 Å². The lowest BCUT2D eigenvalue weighted by Crippen LogP contribution is -2.44. The third-order valence-electron chi connectivity index (χ3n) is 5.87. The quantitative estimate of drug-likeness (QED) is 0.175. The summed E-state index contributed by atoms with van der Waals surface area (Å²) in [5.74, 6) is 0.00680. The molecule has 1 saturated heterocycles. The van der Waals surface area contributed by atoms with Gasteiger partial charge in [0.25, 0.3) is 5.56 Å². The van der Waals surface area contributed by atoms with Crippen molar-refractivity contribution in [2.24, 2.45) is 5.41 Å². The van der Waals surface area contributed by atoms with Crippen molar-refractivity contribution in [3.63, 3.8) is 0 Å². The molecule has 3 rings (SSSR count). The fourth-order valence-corrected chi connectivity index (χ4v) is 5.60. The van der Waals surface area contributed by atoms with Crippen LogP contribution in [0.1, 0.15) is 27.0 Å². The zero-order valence-electron chi connectivity index (χ0n) is 21.2. The molecule has 37 heavy (non-hydrogen) atoms. The van der Waals surface area contributed by atoms with Gasteiger partial charge in [-0.3, -0.25) is 28.2 Å². The molecule has 5 unspecified atom stereocenters. The van der Waals surface area contributed by atoms with Crippen LogP contribution in [0.4, 0.5) is 5.95 Å². The average molecular weight is 565 g/mol. The largest absolute Gasteiger partial charge is 0.407 e. The van der Waals surface area contributed by atoms with Gasteiger partial charge in [0, 0.05) is 5.75 Å². The summed E-state index contributed by atoms with van der Waals surface area (Å²) in [6.07, 6.45) is -2.63. The van der Waals surface area contributed by atoms with Crippen LogP contribution < -0.4 is 11.3 Å². The predicted molar refractivity (Wildman–Crippen MR) is 135 cm³/mol. The Kier molecular flexibility index (Phi) is 8.89. The van der Waals surface area contributed by atoms with Gasteiger partial charge in [0.1, 0.15) is 17.8 Å². The van der Waals surface area contributed by atoms with Crippen LogP contribution in [0.2, 0.25) is 0 Å². The second-order valence-corrected chi connectivity index (χ2v) is 12.9. The topological polar surface area (TPSA) is 215 Å². The molecule has 0 amide bonds. The second-order valence-electron chi connectivity index (χ2n) is 9.60. The maximum Gasteiger partial charge on any atom is 0.407 e. The van der Waals surface area contributed by atoms with Crippen molar-refractivity contribution in [1.82, 2.24) is 24.2 Å². The summed E-state index contributed by atoms with van der Waals surface area (Å²) < 4.78 is 32.6. The molecule has 3 heterocycles. The Morgan fingerprint density at radius 1 is 1.43 bits per heavy atom. The minimum atomic E-state index is -3.86. The molecular formula is C20H33N6O9PS. The van der Waals surface area contributed by atoms with E-state index in [1.165, 1.54) is 36.6 Å². The summed E-state index contributed by atoms with van der Waals surface area (Å²) in [6, 6.07) is 0. The Labute approximate surface area is 216 Å². The molecule has 0 aromatic carbocycles. The summed E-state index contributed by atoms with van der Waals surface area (Å²) in [4.78, 5) is 34.6. The first-order chi connectivity index (χ1) is 17.1. The molecule has 6 N–H and O–H groups in total. The molecule has 0 spiro atoms. The number of aromatic nitrogens is 4. The van der Waals surface area contributed by atoms with E-state index in [9.17, 15) is 29.5 Å². The minimum absolute atomic E-state index is 0.0352. The second kappa shape index (κ2) is 11.1. The number of carbonyl (C=O) groups excluding carboxylic acids is 1. The molecule has 17 heteroatoms. The molecule has 5 atom stereocenters. The van der Waals surface area contributed by atoms with Gasteiger partial charge in [0.05, 0.1) is 31.6 Å². The van der Waals surface area contributed by atoms with Crippen LogP contribution in [0.25, 0.3) is 11.2 Å². The summed E-state index contributed by atoms with van der Waals surface area (Å²) in [7, 11) is -0.906. The standard InChI is InChI=1S/C20H33N6O9PS/c1-19(2,9-27)17(30)37-7-6-33-36(32,25(4)5)34-8-11-13(28)20(3,31)16(35-11)26-10-22-12-14(26)23-18(21)24-15(12)29/h10-11,13,16,27-28,31H,6-9H2,1-5H3,(H3,21,23,24,29). The number of aromatic amines is 1. The monoisotopic (exact) mass is 564 g/mol. The fourth-order valence-electron chi connectivity index (χ4n) is 3.48. The lowest BCUT2D eigenvalue weighted by Gasteiger charge is -2.27. The number of nitrogen functional groups attached to an aromatic ring is 1. The summed E-state index contributed by atoms with van der Waals surface area (Å²) in [5, 5.41) is 30.9. The number of anilines is 1. The molecule has 0 aliphatic carbocycles. The average Bonchev–Trinajstić information content (AvgIpc) is 3.33. The number of thioether (sulfide) groups is 1. The van der Waals surface area contributed by atoms with Gasteiger partial charge in [-0.1, -0.05) is 11.8 Å². The number of hydrogen-bond acceptors (Lipinski definition) is 13. The summed E-state index contributed by atoms with van der Waals surface area (Å²) in [6.45, 7) is 3.74. The Hall–Kier alpha value is -1.88. The van der Waals surface area contributed by atoms with Crippen molar-refractivity contribution in [3.05, 3.63) is 16.7 Å². The fraction of sp³-hybridized carbons (Fsp3) is 0.700. The van der Waals surface area contributed by atoms with Crippen LogP contribution in [0.5, 0.6) is 0 Å². The van der Waals surface area contributed by atoms with Crippen molar-refractivity contribution >= 4 is 41.7 Å². The predicted octanol–water partition coefficient (Wildman–Crippen LogP) is -0.308. The highest BCUT2D eigenvalue weighted by Crippen LogP contribution is 2.51. The zero-order valence-corrected chi connectivity index (χ0v) is 22.9. The number of fused-ring (bicyclic) bond motifs is 1. The van der Waals surface area contributed by atoms with Gasteiger partial charge >= 0.3 is 7.75 Å². The van der Waals surface area contributed by atoms with Crippen LogP contribution in [0.3, 0.4) is 0 Å². The van der Waals surface area contributed by atoms with E-state index < -0.39 is 49.4 Å². The Balaban J connectivity index is 1.68. The molecule has 0 saturated carbocycles. The molecule has 1 fully saturated rings. The van der Waals surface area contributed by atoms with E-state index in [2.05, 4.69) is 15.0 Å². The minimum Gasteiger partial charge on any atom is -0.395 e. The Morgan fingerprint density at radius 3 is 2.73 bits per heavy atom. The number of nitrogens with two attached hydrogens (primary N) is 1. The highest BCUT2D eigenvalue weighted by molar-refractivity contribution is 8.13. The first-order valence-electron chi connectivity index (χ1n) is 11.3. The number of ether oxygens (including phenoxy) is 1. The van der Waals surface area contributed by atoms with E-state index >= 15 is 0 Å². The van der Waals surface area contributed by atoms with Crippen molar-refractivity contribution < 1.29 is 38.5 Å². The summed E-state index contributed by atoms with van der Waals surface area (Å²) in [5.41, 5.74) is 2.27. The van der Waals surface area contributed by atoms with Gasteiger partial charge < -0.3 is 25.8 Å². The highest BCUT2D eigenvalue weighted by Gasteiger charge is 2.54. The Morgan fingerprint density at radius 2 is 2.11 bits per heavy atom. The smallest absolute Gasteiger partial charge is 0.395 e. The van der Waals surface area contributed by atoms with Crippen LogP contribution in [0.15, 0.2) is 11.1 Å². The third-order valence-corrected chi connectivity index (χ3v) is 9.02. The summed E-state index contributed by atoms with van der Waals surface area (Å²) >= 11 is 0.941. The number of aliphatic hydroxyl groups excluding tert-OH is 2. The highest BCUT2D eigenvalue weighted by atomic mass is 32.2. The molecule has 208 valence electrons. The first-order valence-corrected chi connectivity index (χ1v) is 13.8. The molecular weight excluding hydrogens is 531 g/mol. The number of hydrogen-bond donors (Lipinski definition) is 5. The number of nitrogens with one attached hydrogen (secondary N) is 1. The van der Waals surface area contributed by atoms with Crippen molar-refractivity contribution in [1.29, 1.82) is 0 Å². The maximum absolute atomic E-state index is 13.3. The normalized spacial score (nSPS) is 26.1. The van der Waals surface area contributed by atoms with E-state index in [0.29, 0.717) is 0 Å². The van der Waals surface area contributed by atoms with Gasteiger partial charge in [-0.2, -0.15) is 4.98 Å². The number of carbonyl (C=O) groups is 1. The van der Waals surface area contributed by atoms with Gasteiger partial charge in [0.15, 0.2) is 22.5 Å². The maximum atomic E-state index is 13.3. The molecule has 15 nitrogen and oxygen atoms in total. The number of rotatable bonds is 11. The van der Waals surface area contributed by atoms with E-state index in [1.54, 1.807) is 13.8 Å². The SMILES string of the molecule is CN(C)P(=O)(OCCSC(=O)C(C)(C)CO)OCC1OC(n2cnc3c(=O)[nH]c(N)nc32)C(C)(O)C1O. The number of nitrogens with zero attached hydrogens (tertiary/aromatic N) is 4. The molecule has 2 aromatic heterocycles. The molecule has 0 bridgehead atoms. The van der Waals surface area contributed by atoms with Crippen LogP contribution >= 0.6 is 19.5 Å². The molecule has 1 aliphatic rings. The zero-order chi connectivity index (χ0) is 27.8. The van der Waals surface area contributed by atoms with Gasteiger partial charge in [-0.15, -0.1) is 0 Å². The molecule has 0 radical (unpaired) electrons. The van der Waals surface area contributed by atoms with Crippen LogP contribution in [-0.4, -0.2) is 102 Å². The van der Waals surface area contributed by atoms with Crippen LogP contribution in [0, 0.1) is 5.41 Å². The van der Waals surface area contributed by atoms with Crippen LogP contribution in [-0.2, 0) is 23.1 Å². The molecule has 1 aliphatic heterocycles. The first kappa shape index (κ1) is 29.7. The molecule has 2 aromatic rings. The van der Waals surface area contributed by atoms with E-state index in [1.807, 2.05) is 0 Å². The van der Waals surface area contributed by atoms with Crippen molar-refractivity contribution in [3.8, 4) is 0 Å². The van der Waals surface area contributed by atoms with E-state index in [4.69, 9.17) is 19.5 Å². The van der Waals surface area contributed by atoms with Gasteiger partial charge in [0.2, 0.25) is 5.95 Å². The van der Waals surface area contributed by atoms with Gasteiger partial charge in [-0.25, -0.2) is 14.2 Å². The van der Waals surface area contributed by atoms with E-state index in [0.717, 1.165) is 11.8 Å². The lowest BCUT2D eigenvalue weighted by molar-refractivity contribution is -0.119. The number of H-pyrrole nitrogens is 1. The van der Waals surface area contributed by atoms with Gasteiger partial charge in [-0.05, 0) is 34.9 Å².